The fourth-order valence-electron chi connectivity index (χ4n) is 2.12. The molecule has 0 radical (unpaired) electrons. The number of rotatable bonds is 5. The Morgan fingerprint density at radius 1 is 1.47 bits per heavy atom. The Hall–Kier alpha value is -1.88. The first-order chi connectivity index (χ1) is 9.11. The van der Waals surface area contributed by atoms with Gasteiger partial charge in [-0.05, 0) is 20.0 Å². The van der Waals surface area contributed by atoms with Crippen molar-refractivity contribution in [2.45, 2.75) is 19.5 Å². The monoisotopic (exact) mass is 259 g/mol. The third-order valence-corrected chi connectivity index (χ3v) is 3.26. The molecule has 0 spiro atoms. The Bertz CT molecular complexity index is 534. The Morgan fingerprint density at radius 3 is 2.89 bits per heavy atom. The van der Waals surface area contributed by atoms with Crippen molar-refractivity contribution in [3.63, 3.8) is 0 Å². The van der Waals surface area contributed by atoms with E-state index >= 15 is 0 Å². The Morgan fingerprint density at radius 2 is 2.26 bits per heavy atom. The first kappa shape index (κ1) is 13.5. The van der Waals surface area contributed by atoms with Crippen LogP contribution in [-0.2, 0) is 13.6 Å². The quantitative estimate of drug-likeness (QED) is 0.888. The lowest BCUT2D eigenvalue weighted by molar-refractivity contribution is 0.646. The van der Waals surface area contributed by atoms with Crippen molar-refractivity contribution < 1.29 is 0 Å². The van der Waals surface area contributed by atoms with Gasteiger partial charge in [-0.25, -0.2) is 4.98 Å². The van der Waals surface area contributed by atoms with Crippen molar-refractivity contribution in [3.05, 3.63) is 41.9 Å². The molecule has 2 rings (SSSR count). The molecule has 102 valence electrons. The summed E-state index contributed by atoms with van der Waals surface area (Å²) < 4.78 is 1.82. The van der Waals surface area contributed by atoms with Crippen LogP contribution in [-0.4, -0.2) is 28.9 Å². The number of hydrogen-bond donors (Lipinski definition) is 1. The average Bonchev–Trinajstić information content (AvgIpc) is 2.83. The molecular formula is C14H21N5. The maximum atomic E-state index is 4.51. The van der Waals surface area contributed by atoms with Crippen molar-refractivity contribution in [3.8, 4) is 0 Å². The van der Waals surface area contributed by atoms with E-state index in [2.05, 4.69) is 40.3 Å². The van der Waals surface area contributed by atoms with Gasteiger partial charge in [-0.15, -0.1) is 0 Å². The molecule has 0 saturated heterocycles. The molecule has 5 nitrogen and oxygen atoms in total. The molecule has 1 unspecified atom stereocenters. The second kappa shape index (κ2) is 5.84. The second-order valence-corrected chi connectivity index (χ2v) is 4.80. The van der Waals surface area contributed by atoms with Crippen molar-refractivity contribution in [2.24, 2.45) is 7.05 Å². The van der Waals surface area contributed by atoms with Crippen LogP contribution in [0.25, 0.3) is 0 Å². The van der Waals surface area contributed by atoms with E-state index in [9.17, 15) is 0 Å². The van der Waals surface area contributed by atoms with E-state index in [1.54, 1.807) is 0 Å². The molecule has 0 bridgehead atoms. The van der Waals surface area contributed by atoms with Gasteiger partial charge < -0.3 is 10.2 Å². The number of pyridine rings is 1. The van der Waals surface area contributed by atoms with Crippen molar-refractivity contribution >= 4 is 5.82 Å². The summed E-state index contributed by atoms with van der Waals surface area (Å²) in [6.45, 7) is 2.94. The number of nitrogens with one attached hydrogen (secondary N) is 1. The highest BCUT2D eigenvalue weighted by atomic mass is 15.2. The Labute approximate surface area is 114 Å². The zero-order valence-corrected chi connectivity index (χ0v) is 12.0. The standard InChI is InChI=1S/C14H21N5/c1-11(15-2)13-6-5-7-16-14(13)18(3)9-12-8-17-19(4)10-12/h5-8,10-11,15H,9H2,1-4H3. The number of hydrogen-bond acceptors (Lipinski definition) is 4. The molecule has 0 aliphatic rings. The summed E-state index contributed by atoms with van der Waals surface area (Å²) in [5.74, 6) is 1.01. The van der Waals surface area contributed by atoms with Crippen molar-refractivity contribution in [2.75, 3.05) is 19.0 Å². The van der Waals surface area contributed by atoms with Gasteiger partial charge in [-0.2, -0.15) is 5.10 Å². The SMILES string of the molecule is CNC(C)c1cccnc1N(C)Cc1cnn(C)c1. The Balaban J connectivity index is 2.21. The molecule has 0 aromatic carbocycles. The molecule has 1 N–H and O–H groups in total. The topological polar surface area (TPSA) is 46.0 Å². The lowest BCUT2D eigenvalue weighted by Gasteiger charge is -2.23. The van der Waals surface area contributed by atoms with Gasteiger partial charge in [0.1, 0.15) is 5.82 Å². The molecule has 0 amide bonds. The minimum Gasteiger partial charge on any atom is -0.355 e. The van der Waals surface area contributed by atoms with E-state index in [1.165, 1.54) is 11.1 Å². The van der Waals surface area contributed by atoms with E-state index in [0.29, 0.717) is 0 Å². The Kier molecular flexibility index (Phi) is 4.16. The van der Waals surface area contributed by atoms with Crippen LogP contribution in [0.3, 0.4) is 0 Å². The summed E-state index contributed by atoms with van der Waals surface area (Å²) in [6.07, 6.45) is 5.75. The van der Waals surface area contributed by atoms with E-state index < -0.39 is 0 Å². The van der Waals surface area contributed by atoms with Gasteiger partial charge in [0.15, 0.2) is 0 Å². The minimum atomic E-state index is 0.278. The molecule has 19 heavy (non-hydrogen) atoms. The number of aryl methyl sites for hydroxylation is 1. The molecular weight excluding hydrogens is 238 g/mol. The zero-order chi connectivity index (χ0) is 13.8. The van der Waals surface area contributed by atoms with Crippen molar-refractivity contribution in [1.82, 2.24) is 20.1 Å². The van der Waals surface area contributed by atoms with Crippen LogP contribution < -0.4 is 10.2 Å². The lowest BCUT2D eigenvalue weighted by atomic mass is 10.1. The molecule has 0 aliphatic heterocycles. The smallest absolute Gasteiger partial charge is 0.133 e. The van der Waals surface area contributed by atoms with Gasteiger partial charge in [0, 0.05) is 50.2 Å². The minimum absolute atomic E-state index is 0.278. The summed E-state index contributed by atoms with van der Waals surface area (Å²) in [5.41, 5.74) is 2.38. The van der Waals surface area contributed by atoms with Gasteiger partial charge in [0.25, 0.3) is 0 Å². The van der Waals surface area contributed by atoms with Gasteiger partial charge in [-0.1, -0.05) is 6.07 Å². The largest absolute Gasteiger partial charge is 0.355 e. The van der Waals surface area contributed by atoms with Crippen molar-refractivity contribution in [1.29, 1.82) is 0 Å². The predicted molar refractivity (Wildman–Crippen MR) is 77.0 cm³/mol. The van der Waals surface area contributed by atoms with Crippen LogP contribution in [0.5, 0.6) is 0 Å². The molecule has 0 aliphatic carbocycles. The van der Waals surface area contributed by atoms with Gasteiger partial charge in [-0.3, -0.25) is 4.68 Å². The number of anilines is 1. The molecule has 2 aromatic rings. The predicted octanol–water partition coefficient (Wildman–Crippen LogP) is 1.73. The maximum Gasteiger partial charge on any atom is 0.133 e. The summed E-state index contributed by atoms with van der Waals surface area (Å²) in [5, 5.41) is 7.46. The van der Waals surface area contributed by atoms with Crippen LogP contribution in [0.4, 0.5) is 5.82 Å². The maximum absolute atomic E-state index is 4.51. The summed E-state index contributed by atoms with van der Waals surface area (Å²) >= 11 is 0. The van der Waals surface area contributed by atoms with E-state index in [1.807, 2.05) is 43.4 Å². The van der Waals surface area contributed by atoms with E-state index in [0.717, 1.165) is 12.4 Å². The molecule has 2 heterocycles. The normalized spacial score (nSPS) is 12.4. The molecule has 1 atom stereocenters. The average molecular weight is 259 g/mol. The highest BCUT2D eigenvalue weighted by molar-refractivity contribution is 5.48. The van der Waals surface area contributed by atoms with Crippen LogP contribution in [0.2, 0.25) is 0 Å². The molecule has 5 heteroatoms. The van der Waals surface area contributed by atoms with Crippen LogP contribution in [0, 0.1) is 0 Å². The third-order valence-electron chi connectivity index (χ3n) is 3.26. The lowest BCUT2D eigenvalue weighted by Crippen LogP contribution is -2.22. The molecule has 0 fully saturated rings. The van der Waals surface area contributed by atoms with Crippen LogP contribution in [0.1, 0.15) is 24.1 Å². The van der Waals surface area contributed by atoms with E-state index in [-0.39, 0.29) is 6.04 Å². The fourth-order valence-corrected chi connectivity index (χ4v) is 2.12. The second-order valence-electron chi connectivity index (χ2n) is 4.80. The summed E-state index contributed by atoms with van der Waals surface area (Å²) in [7, 11) is 5.95. The fraction of sp³-hybridized carbons (Fsp3) is 0.429. The van der Waals surface area contributed by atoms with Gasteiger partial charge in [0.05, 0.1) is 6.20 Å². The van der Waals surface area contributed by atoms with Crippen LogP contribution in [0.15, 0.2) is 30.7 Å². The van der Waals surface area contributed by atoms with Gasteiger partial charge in [0.2, 0.25) is 0 Å². The third kappa shape index (κ3) is 3.12. The first-order valence-electron chi connectivity index (χ1n) is 6.42. The number of aromatic nitrogens is 3. The highest BCUT2D eigenvalue weighted by Gasteiger charge is 2.13. The number of nitrogens with zero attached hydrogens (tertiary/aromatic N) is 4. The molecule has 2 aromatic heterocycles. The molecule has 0 saturated carbocycles. The summed E-state index contributed by atoms with van der Waals surface area (Å²) in [4.78, 5) is 6.66. The zero-order valence-electron chi connectivity index (χ0n) is 12.0. The summed E-state index contributed by atoms with van der Waals surface area (Å²) in [6, 6.07) is 4.37. The highest BCUT2D eigenvalue weighted by Crippen LogP contribution is 2.23. The van der Waals surface area contributed by atoms with Gasteiger partial charge >= 0.3 is 0 Å². The van der Waals surface area contributed by atoms with E-state index in [4.69, 9.17) is 0 Å². The van der Waals surface area contributed by atoms with Crippen LogP contribution >= 0.6 is 0 Å². The first-order valence-corrected chi connectivity index (χ1v) is 6.42.